The lowest BCUT2D eigenvalue weighted by atomic mass is 10.2. The van der Waals surface area contributed by atoms with Crippen LogP contribution in [0, 0.1) is 0 Å². The largest absolute Gasteiger partial charge is 0.504 e. The molecule has 0 amide bonds. The van der Waals surface area contributed by atoms with Crippen LogP contribution >= 0.6 is 0 Å². The van der Waals surface area contributed by atoms with E-state index in [1.54, 1.807) is 0 Å². The van der Waals surface area contributed by atoms with Gasteiger partial charge in [0, 0.05) is 0 Å². The van der Waals surface area contributed by atoms with Gasteiger partial charge in [-0.15, -0.1) is 0 Å². The Bertz CT molecular complexity index is 489. The zero-order valence-electron chi connectivity index (χ0n) is 9.07. The number of carbonyl (C=O) groups excluding carboxylic acids is 1. The Balaban J connectivity index is 1.75. The molecule has 0 aromatic heterocycles. The maximum atomic E-state index is 11.7. The van der Waals surface area contributed by atoms with Crippen molar-refractivity contribution in [3.8, 4) is 17.2 Å². The third-order valence-corrected chi connectivity index (χ3v) is 2.84. The molecular weight excluding hydrogens is 244 g/mol. The van der Waals surface area contributed by atoms with Gasteiger partial charge in [-0.25, -0.2) is 4.79 Å². The SMILES string of the molecule is O=C(OC1COC2OC12)c1cc(O)c(O)c(O)c1. The van der Waals surface area contributed by atoms with Crippen molar-refractivity contribution >= 4 is 5.97 Å². The van der Waals surface area contributed by atoms with E-state index >= 15 is 0 Å². The molecule has 3 unspecified atom stereocenters. The lowest BCUT2D eigenvalue weighted by Gasteiger charge is -2.12. The molecule has 7 nitrogen and oxygen atoms in total. The summed E-state index contributed by atoms with van der Waals surface area (Å²) in [6.07, 6.45) is -1.00. The molecule has 0 bridgehead atoms. The molecule has 2 saturated heterocycles. The summed E-state index contributed by atoms with van der Waals surface area (Å²) in [7, 11) is 0. The second-order valence-corrected chi connectivity index (χ2v) is 4.11. The van der Waals surface area contributed by atoms with E-state index in [1.807, 2.05) is 0 Å². The molecule has 18 heavy (non-hydrogen) atoms. The van der Waals surface area contributed by atoms with Crippen LogP contribution in [0.4, 0.5) is 0 Å². The number of carbonyl (C=O) groups is 1. The average Bonchev–Trinajstić information content (AvgIpc) is 3.02. The van der Waals surface area contributed by atoms with Crippen LogP contribution in [0.1, 0.15) is 10.4 Å². The molecule has 96 valence electrons. The number of hydrogen-bond donors (Lipinski definition) is 3. The molecule has 2 aliphatic heterocycles. The topological polar surface area (TPSA) is 109 Å². The summed E-state index contributed by atoms with van der Waals surface area (Å²) in [5.74, 6) is -2.60. The van der Waals surface area contributed by atoms with Crippen LogP contribution in [0.25, 0.3) is 0 Å². The van der Waals surface area contributed by atoms with E-state index in [2.05, 4.69) is 0 Å². The fourth-order valence-electron chi connectivity index (χ4n) is 1.82. The molecule has 0 saturated carbocycles. The smallest absolute Gasteiger partial charge is 0.338 e. The monoisotopic (exact) mass is 254 g/mol. The molecule has 0 spiro atoms. The van der Waals surface area contributed by atoms with E-state index in [9.17, 15) is 15.0 Å². The number of fused-ring (bicyclic) bond motifs is 1. The lowest BCUT2D eigenvalue weighted by molar-refractivity contribution is -0.0267. The first-order chi connectivity index (χ1) is 8.56. The summed E-state index contributed by atoms with van der Waals surface area (Å²) in [5.41, 5.74) is -0.0631. The molecule has 1 aromatic carbocycles. The van der Waals surface area contributed by atoms with Gasteiger partial charge in [-0.1, -0.05) is 0 Å². The van der Waals surface area contributed by atoms with Crippen molar-refractivity contribution in [3.05, 3.63) is 17.7 Å². The predicted octanol–water partition coefficient (Wildman–Crippen LogP) is 0.0839. The maximum Gasteiger partial charge on any atom is 0.338 e. The Morgan fingerprint density at radius 2 is 1.94 bits per heavy atom. The number of aromatic hydroxyl groups is 3. The highest BCUT2D eigenvalue weighted by Gasteiger charge is 2.54. The summed E-state index contributed by atoms with van der Waals surface area (Å²) in [4.78, 5) is 11.7. The average molecular weight is 254 g/mol. The molecule has 2 heterocycles. The Morgan fingerprint density at radius 1 is 1.28 bits per heavy atom. The van der Waals surface area contributed by atoms with Crippen molar-refractivity contribution < 1.29 is 34.3 Å². The van der Waals surface area contributed by atoms with Crippen molar-refractivity contribution in [3.63, 3.8) is 0 Å². The van der Waals surface area contributed by atoms with Crippen LogP contribution in [0.15, 0.2) is 12.1 Å². The number of phenols is 3. The van der Waals surface area contributed by atoms with Gasteiger partial charge in [-0.05, 0) is 12.1 Å². The van der Waals surface area contributed by atoms with E-state index < -0.39 is 29.3 Å². The van der Waals surface area contributed by atoms with Gasteiger partial charge in [-0.2, -0.15) is 0 Å². The van der Waals surface area contributed by atoms with Crippen molar-refractivity contribution in [2.75, 3.05) is 6.61 Å². The number of benzene rings is 1. The maximum absolute atomic E-state index is 11.7. The van der Waals surface area contributed by atoms with Gasteiger partial charge in [0.25, 0.3) is 0 Å². The van der Waals surface area contributed by atoms with Gasteiger partial charge in [0.2, 0.25) is 0 Å². The first-order valence-electron chi connectivity index (χ1n) is 5.29. The van der Waals surface area contributed by atoms with Crippen molar-refractivity contribution in [1.29, 1.82) is 0 Å². The number of esters is 1. The molecule has 0 aliphatic carbocycles. The quantitative estimate of drug-likeness (QED) is 0.389. The Morgan fingerprint density at radius 3 is 2.44 bits per heavy atom. The van der Waals surface area contributed by atoms with Gasteiger partial charge >= 0.3 is 5.97 Å². The Labute approximate surface area is 101 Å². The minimum absolute atomic E-state index is 0.0631. The summed E-state index contributed by atoms with van der Waals surface area (Å²) < 4.78 is 15.2. The zero-order valence-corrected chi connectivity index (χ0v) is 9.07. The third kappa shape index (κ3) is 1.73. The van der Waals surface area contributed by atoms with Crippen LogP contribution in [-0.2, 0) is 14.2 Å². The van der Waals surface area contributed by atoms with Crippen molar-refractivity contribution in [1.82, 2.24) is 0 Å². The van der Waals surface area contributed by atoms with Crippen LogP contribution < -0.4 is 0 Å². The van der Waals surface area contributed by atoms with Gasteiger partial charge in [-0.3, -0.25) is 0 Å². The third-order valence-electron chi connectivity index (χ3n) is 2.84. The molecule has 0 radical (unpaired) electrons. The number of rotatable bonds is 2. The zero-order chi connectivity index (χ0) is 12.9. The predicted molar refractivity (Wildman–Crippen MR) is 55.3 cm³/mol. The number of phenolic OH excluding ortho intramolecular Hbond substituents is 3. The first-order valence-corrected chi connectivity index (χ1v) is 5.29. The lowest BCUT2D eigenvalue weighted by Crippen LogP contribution is -2.24. The highest BCUT2D eigenvalue weighted by atomic mass is 16.8. The van der Waals surface area contributed by atoms with E-state index in [0.29, 0.717) is 0 Å². The van der Waals surface area contributed by atoms with Crippen LogP contribution in [0.3, 0.4) is 0 Å². The van der Waals surface area contributed by atoms with E-state index in [1.165, 1.54) is 0 Å². The van der Waals surface area contributed by atoms with Gasteiger partial charge < -0.3 is 29.5 Å². The molecular formula is C11H10O7. The highest BCUT2D eigenvalue weighted by Crippen LogP contribution is 2.37. The van der Waals surface area contributed by atoms with E-state index in [0.717, 1.165) is 12.1 Å². The Hall–Kier alpha value is -1.99. The van der Waals surface area contributed by atoms with Gasteiger partial charge in [0.1, 0.15) is 0 Å². The summed E-state index contributed by atoms with van der Waals surface area (Å²) >= 11 is 0. The fraction of sp³-hybridized carbons (Fsp3) is 0.364. The van der Waals surface area contributed by atoms with E-state index in [-0.39, 0.29) is 24.6 Å². The fourth-order valence-corrected chi connectivity index (χ4v) is 1.82. The standard InChI is InChI=1S/C11H10O7/c12-5-1-4(2-6(13)8(5)14)10(15)17-7-3-16-11-9(7)18-11/h1-2,7,9,11-14H,3H2. The highest BCUT2D eigenvalue weighted by molar-refractivity contribution is 5.91. The van der Waals surface area contributed by atoms with Crippen LogP contribution in [0.2, 0.25) is 0 Å². The van der Waals surface area contributed by atoms with Crippen LogP contribution in [-0.4, -0.2) is 46.4 Å². The molecule has 1 aromatic rings. The minimum atomic E-state index is -0.731. The second kappa shape index (κ2) is 3.76. The normalized spacial score (nSPS) is 28.8. The summed E-state index contributed by atoms with van der Waals surface area (Å²) in [5, 5.41) is 27.7. The first kappa shape index (κ1) is 11.1. The minimum Gasteiger partial charge on any atom is -0.504 e. The van der Waals surface area contributed by atoms with Crippen molar-refractivity contribution in [2.45, 2.75) is 18.5 Å². The number of ether oxygens (including phenoxy) is 3. The van der Waals surface area contributed by atoms with Crippen molar-refractivity contribution in [2.24, 2.45) is 0 Å². The number of hydrogen-bond acceptors (Lipinski definition) is 7. The summed E-state index contributed by atoms with van der Waals surface area (Å²) in [6, 6.07) is 2.02. The van der Waals surface area contributed by atoms with Crippen LogP contribution in [0.5, 0.6) is 17.2 Å². The molecule has 3 rings (SSSR count). The molecule has 2 aliphatic rings. The second-order valence-electron chi connectivity index (χ2n) is 4.11. The molecule has 2 fully saturated rings. The Kier molecular flexibility index (Phi) is 2.32. The van der Waals surface area contributed by atoms with Gasteiger partial charge in [0.15, 0.2) is 35.7 Å². The van der Waals surface area contributed by atoms with E-state index in [4.69, 9.17) is 19.3 Å². The van der Waals surface area contributed by atoms with Gasteiger partial charge in [0.05, 0.1) is 12.2 Å². The summed E-state index contributed by atoms with van der Waals surface area (Å²) in [6.45, 7) is 0.261. The molecule has 3 N–H and O–H groups in total. The number of epoxide rings is 1. The molecule has 3 atom stereocenters. The molecule has 7 heteroatoms.